The van der Waals surface area contributed by atoms with Crippen LogP contribution in [0.15, 0.2) is 0 Å². The number of carboxylic acids is 1. The van der Waals surface area contributed by atoms with Gasteiger partial charge in [-0.2, -0.15) is 0 Å². The molecule has 116 valence electrons. The maximum absolute atomic E-state index is 12.0. The van der Waals surface area contributed by atoms with Gasteiger partial charge in [-0.3, -0.25) is 14.3 Å². The quantitative estimate of drug-likeness (QED) is 0.602. The standard InChI is InChI=1S/C12H17F3O5/c1-19-10(18)11(9(16)17,8-4-2-3-5-8)6-7-20-12(13,14)15/h8H,2-7H2,1H3,(H,16,17). The molecule has 0 radical (unpaired) electrons. The highest BCUT2D eigenvalue weighted by atomic mass is 19.4. The van der Waals surface area contributed by atoms with Gasteiger partial charge >= 0.3 is 18.3 Å². The van der Waals surface area contributed by atoms with Gasteiger partial charge in [0.15, 0.2) is 5.41 Å². The second-order valence-corrected chi connectivity index (χ2v) is 4.79. The summed E-state index contributed by atoms with van der Waals surface area (Å²) < 4.78 is 44.2. The van der Waals surface area contributed by atoms with Crippen molar-refractivity contribution in [2.45, 2.75) is 38.5 Å². The Morgan fingerprint density at radius 2 is 1.80 bits per heavy atom. The van der Waals surface area contributed by atoms with Crippen LogP contribution in [0.5, 0.6) is 0 Å². The summed E-state index contributed by atoms with van der Waals surface area (Å²) in [6.45, 7) is -0.888. The van der Waals surface area contributed by atoms with Crippen LogP contribution in [0.4, 0.5) is 13.2 Å². The number of halogens is 3. The van der Waals surface area contributed by atoms with Crippen molar-refractivity contribution < 1.29 is 37.3 Å². The number of hydrogen-bond donors (Lipinski definition) is 1. The molecule has 5 nitrogen and oxygen atoms in total. The van der Waals surface area contributed by atoms with E-state index in [1.807, 2.05) is 0 Å². The van der Waals surface area contributed by atoms with Gasteiger partial charge in [0.2, 0.25) is 0 Å². The van der Waals surface area contributed by atoms with Gasteiger partial charge < -0.3 is 9.84 Å². The van der Waals surface area contributed by atoms with E-state index in [0.717, 1.165) is 20.0 Å². The predicted octanol–water partition coefficient (Wildman–Crippen LogP) is 2.35. The highest BCUT2D eigenvalue weighted by molar-refractivity contribution is 5.99. The smallest absolute Gasteiger partial charge is 0.480 e. The van der Waals surface area contributed by atoms with Crippen LogP contribution >= 0.6 is 0 Å². The zero-order valence-electron chi connectivity index (χ0n) is 11.0. The lowest BCUT2D eigenvalue weighted by atomic mass is 9.72. The van der Waals surface area contributed by atoms with Crippen LogP contribution in [0, 0.1) is 11.3 Å². The molecule has 0 aromatic rings. The fourth-order valence-electron chi connectivity index (χ4n) is 2.77. The minimum atomic E-state index is -4.85. The van der Waals surface area contributed by atoms with Gasteiger partial charge in [-0.1, -0.05) is 12.8 Å². The second kappa shape index (κ2) is 6.43. The van der Waals surface area contributed by atoms with Gasteiger partial charge in [0.05, 0.1) is 13.7 Å². The first-order valence-corrected chi connectivity index (χ1v) is 6.26. The molecule has 0 aromatic heterocycles. The van der Waals surface area contributed by atoms with E-state index >= 15 is 0 Å². The van der Waals surface area contributed by atoms with Gasteiger partial charge in [0.25, 0.3) is 0 Å². The summed E-state index contributed by atoms with van der Waals surface area (Å²) in [4.78, 5) is 23.4. The fourth-order valence-corrected chi connectivity index (χ4v) is 2.77. The lowest BCUT2D eigenvalue weighted by Crippen LogP contribution is -2.47. The third-order valence-corrected chi connectivity index (χ3v) is 3.75. The third kappa shape index (κ3) is 3.62. The van der Waals surface area contributed by atoms with Gasteiger partial charge in [-0.05, 0) is 25.2 Å². The summed E-state index contributed by atoms with van der Waals surface area (Å²) in [6, 6.07) is 0. The number of aliphatic carboxylic acids is 1. The van der Waals surface area contributed by atoms with E-state index in [9.17, 15) is 27.9 Å². The van der Waals surface area contributed by atoms with Crippen molar-refractivity contribution >= 4 is 11.9 Å². The lowest BCUT2D eigenvalue weighted by molar-refractivity contribution is -0.326. The molecule has 1 N–H and O–H groups in total. The van der Waals surface area contributed by atoms with E-state index in [-0.39, 0.29) is 0 Å². The number of hydrogen-bond acceptors (Lipinski definition) is 4. The highest BCUT2D eigenvalue weighted by Crippen LogP contribution is 2.44. The molecule has 0 heterocycles. The van der Waals surface area contributed by atoms with E-state index in [2.05, 4.69) is 9.47 Å². The number of carbonyl (C=O) groups is 2. The number of carbonyl (C=O) groups excluding carboxylic acids is 1. The molecule has 1 atom stereocenters. The van der Waals surface area contributed by atoms with Crippen molar-refractivity contribution in [1.82, 2.24) is 0 Å². The molecule has 1 aliphatic rings. The fraction of sp³-hybridized carbons (Fsp3) is 0.833. The molecule has 1 rings (SSSR count). The van der Waals surface area contributed by atoms with Crippen molar-refractivity contribution in [3.8, 4) is 0 Å². The molecule has 1 unspecified atom stereocenters. The Labute approximate surface area is 114 Å². The third-order valence-electron chi connectivity index (χ3n) is 3.75. The predicted molar refractivity (Wildman–Crippen MR) is 60.7 cm³/mol. The van der Waals surface area contributed by atoms with Crippen molar-refractivity contribution in [3.63, 3.8) is 0 Å². The van der Waals surface area contributed by atoms with Gasteiger partial charge in [-0.15, -0.1) is 13.2 Å². The van der Waals surface area contributed by atoms with Crippen LogP contribution in [0.3, 0.4) is 0 Å². The van der Waals surface area contributed by atoms with Crippen LogP contribution in [-0.2, 0) is 19.1 Å². The molecule has 0 amide bonds. The summed E-state index contributed by atoms with van der Waals surface area (Å²) >= 11 is 0. The summed E-state index contributed by atoms with van der Waals surface area (Å²) in [5, 5.41) is 9.38. The largest absolute Gasteiger partial charge is 0.522 e. The normalized spacial score (nSPS) is 19.6. The number of methoxy groups -OCH3 is 1. The lowest BCUT2D eigenvalue weighted by Gasteiger charge is -2.32. The maximum Gasteiger partial charge on any atom is 0.522 e. The Morgan fingerprint density at radius 3 is 2.20 bits per heavy atom. The van der Waals surface area contributed by atoms with E-state index < -0.39 is 42.7 Å². The SMILES string of the molecule is COC(=O)C(CCOC(F)(F)F)(C(=O)O)C1CCCC1. The zero-order chi connectivity index (χ0) is 15.4. The minimum Gasteiger partial charge on any atom is -0.480 e. The number of carboxylic acid groups (broad SMARTS) is 1. The van der Waals surface area contributed by atoms with Crippen molar-refractivity contribution in [3.05, 3.63) is 0 Å². The van der Waals surface area contributed by atoms with Crippen LogP contribution in [0.25, 0.3) is 0 Å². The molecule has 0 saturated heterocycles. The molecule has 20 heavy (non-hydrogen) atoms. The topological polar surface area (TPSA) is 72.8 Å². The molecule has 0 bridgehead atoms. The van der Waals surface area contributed by atoms with Gasteiger partial charge in [0.1, 0.15) is 0 Å². The monoisotopic (exact) mass is 298 g/mol. The molecule has 8 heteroatoms. The van der Waals surface area contributed by atoms with Crippen LogP contribution in [0.1, 0.15) is 32.1 Å². The molecular weight excluding hydrogens is 281 g/mol. The zero-order valence-corrected chi connectivity index (χ0v) is 11.0. The molecule has 0 aromatic carbocycles. The van der Waals surface area contributed by atoms with Gasteiger partial charge in [0, 0.05) is 0 Å². The summed E-state index contributed by atoms with van der Waals surface area (Å²) in [5.41, 5.74) is -1.96. The molecule has 1 aliphatic carbocycles. The Balaban J connectivity index is 2.92. The number of esters is 1. The molecule has 0 aliphatic heterocycles. The number of rotatable bonds is 6. The van der Waals surface area contributed by atoms with Crippen molar-refractivity contribution in [2.24, 2.45) is 11.3 Å². The summed E-state index contributed by atoms with van der Waals surface area (Å²) in [5.74, 6) is -2.99. The van der Waals surface area contributed by atoms with Crippen molar-refractivity contribution in [1.29, 1.82) is 0 Å². The van der Waals surface area contributed by atoms with E-state index in [4.69, 9.17) is 0 Å². The molecule has 0 spiro atoms. The Morgan fingerprint density at radius 1 is 1.25 bits per heavy atom. The van der Waals surface area contributed by atoms with Crippen molar-refractivity contribution in [2.75, 3.05) is 13.7 Å². The molecule has 1 fully saturated rings. The first-order valence-electron chi connectivity index (χ1n) is 6.26. The first-order chi connectivity index (χ1) is 9.24. The first kappa shape index (κ1) is 16.7. The number of ether oxygens (including phenoxy) is 2. The van der Waals surface area contributed by atoms with E-state index in [1.54, 1.807) is 0 Å². The molecule has 1 saturated carbocycles. The van der Waals surface area contributed by atoms with E-state index in [0.29, 0.717) is 12.8 Å². The molecular formula is C12H17F3O5. The maximum atomic E-state index is 12.0. The van der Waals surface area contributed by atoms with Crippen LogP contribution < -0.4 is 0 Å². The van der Waals surface area contributed by atoms with E-state index in [1.165, 1.54) is 0 Å². The Bertz CT molecular complexity index is 363. The summed E-state index contributed by atoms with van der Waals surface area (Å²) in [6.07, 6.45) is -2.95. The average molecular weight is 298 g/mol. The minimum absolute atomic E-state index is 0.480. The average Bonchev–Trinajstić information content (AvgIpc) is 2.86. The van der Waals surface area contributed by atoms with Crippen LogP contribution in [-0.4, -0.2) is 37.1 Å². The summed E-state index contributed by atoms with van der Waals surface area (Å²) in [7, 11) is 1.03. The van der Waals surface area contributed by atoms with Crippen LogP contribution in [0.2, 0.25) is 0 Å². The Hall–Kier alpha value is -1.31. The second-order valence-electron chi connectivity index (χ2n) is 4.79. The Kier molecular flexibility index (Phi) is 5.38. The van der Waals surface area contributed by atoms with Gasteiger partial charge in [-0.25, -0.2) is 0 Å². The number of alkyl halides is 3. The highest BCUT2D eigenvalue weighted by Gasteiger charge is 2.54.